The Hall–Kier alpha value is -1.11. The summed E-state index contributed by atoms with van der Waals surface area (Å²) in [5, 5.41) is 13.0. The summed E-state index contributed by atoms with van der Waals surface area (Å²) in [6.07, 6.45) is 0.935. The summed E-state index contributed by atoms with van der Waals surface area (Å²) in [5.74, 6) is -0.278. The van der Waals surface area contributed by atoms with Crippen LogP contribution in [0.2, 0.25) is 0 Å². The standard InChI is InChI=1S/C12H18N2O3S/c15-12(11-7-4-8-13-11)9-18(16,17)14-10-5-2-1-3-6-10/h1-3,5-6,11-15H,4,7-9H2/t11-,12+/m0/s1. The van der Waals surface area contributed by atoms with E-state index in [-0.39, 0.29) is 11.8 Å². The molecule has 0 aromatic heterocycles. The largest absolute Gasteiger partial charge is 0.390 e. The zero-order valence-corrected chi connectivity index (χ0v) is 10.9. The van der Waals surface area contributed by atoms with E-state index in [1.54, 1.807) is 24.3 Å². The molecule has 18 heavy (non-hydrogen) atoms. The van der Waals surface area contributed by atoms with E-state index in [4.69, 9.17) is 0 Å². The van der Waals surface area contributed by atoms with Gasteiger partial charge >= 0.3 is 0 Å². The van der Waals surface area contributed by atoms with Crippen molar-refractivity contribution in [2.75, 3.05) is 17.0 Å². The number of benzene rings is 1. The predicted octanol–water partition coefficient (Wildman–Crippen LogP) is 0.541. The normalized spacial score (nSPS) is 21.7. The second-order valence-corrected chi connectivity index (χ2v) is 6.29. The number of nitrogens with one attached hydrogen (secondary N) is 2. The molecule has 6 heteroatoms. The van der Waals surface area contributed by atoms with Gasteiger partial charge in [0.1, 0.15) is 0 Å². The maximum Gasteiger partial charge on any atom is 0.235 e. The third-order valence-electron chi connectivity index (χ3n) is 3.00. The number of anilines is 1. The lowest BCUT2D eigenvalue weighted by Gasteiger charge is -2.18. The third kappa shape index (κ3) is 3.69. The molecule has 0 amide bonds. The highest BCUT2D eigenvalue weighted by Gasteiger charge is 2.27. The molecule has 1 saturated heterocycles. The second-order valence-electron chi connectivity index (χ2n) is 4.52. The maximum absolute atomic E-state index is 11.9. The van der Waals surface area contributed by atoms with E-state index in [0.717, 1.165) is 19.4 Å². The second kappa shape index (κ2) is 5.69. The summed E-state index contributed by atoms with van der Waals surface area (Å²) >= 11 is 0. The summed E-state index contributed by atoms with van der Waals surface area (Å²) < 4.78 is 26.2. The number of aliphatic hydroxyl groups is 1. The number of para-hydroxylation sites is 1. The van der Waals surface area contributed by atoms with Crippen LogP contribution in [0.4, 0.5) is 5.69 Å². The van der Waals surface area contributed by atoms with Crippen molar-refractivity contribution >= 4 is 15.7 Å². The van der Waals surface area contributed by atoms with Crippen molar-refractivity contribution in [1.29, 1.82) is 0 Å². The highest BCUT2D eigenvalue weighted by atomic mass is 32.2. The van der Waals surface area contributed by atoms with E-state index >= 15 is 0 Å². The van der Waals surface area contributed by atoms with E-state index in [2.05, 4.69) is 10.0 Å². The van der Waals surface area contributed by atoms with Gasteiger partial charge in [-0.1, -0.05) is 18.2 Å². The van der Waals surface area contributed by atoms with Crippen LogP contribution in [0.25, 0.3) is 0 Å². The van der Waals surface area contributed by atoms with Gasteiger partial charge < -0.3 is 10.4 Å². The minimum absolute atomic E-state index is 0.114. The molecule has 100 valence electrons. The number of sulfonamides is 1. The van der Waals surface area contributed by atoms with Gasteiger partial charge in [0.25, 0.3) is 0 Å². The minimum Gasteiger partial charge on any atom is -0.390 e. The Kier molecular flexibility index (Phi) is 4.21. The molecule has 1 aliphatic heterocycles. The van der Waals surface area contributed by atoms with Crippen LogP contribution in [0, 0.1) is 0 Å². The molecule has 2 atom stereocenters. The van der Waals surface area contributed by atoms with Crippen molar-refractivity contribution in [2.45, 2.75) is 25.0 Å². The lowest BCUT2D eigenvalue weighted by molar-refractivity contribution is 0.157. The minimum atomic E-state index is -3.51. The van der Waals surface area contributed by atoms with E-state index in [1.165, 1.54) is 0 Å². The van der Waals surface area contributed by atoms with Gasteiger partial charge in [0.2, 0.25) is 10.0 Å². The van der Waals surface area contributed by atoms with Crippen LogP contribution in [0.1, 0.15) is 12.8 Å². The van der Waals surface area contributed by atoms with Crippen LogP contribution in [-0.4, -0.2) is 38.0 Å². The average molecular weight is 270 g/mol. The molecule has 5 nitrogen and oxygen atoms in total. The summed E-state index contributed by atoms with van der Waals surface area (Å²) in [5.41, 5.74) is 0.518. The number of hydrogen-bond donors (Lipinski definition) is 3. The molecule has 1 fully saturated rings. The highest BCUT2D eigenvalue weighted by molar-refractivity contribution is 7.92. The molecule has 1 aromatic carbocycles. The van der Waals surface area contributed by atoms with Crippen molar-refractivity contribution in [3.63, 3.8) is 0 Å². The summed E-state index contributed by atoms with van der Waals surface area (Å²) in [7, 11) is -3.51. The summed E-state index contributed by atoms with van der Waals surface area (Å²) in [6.45, 7) is 0.841. The average Bonchev–Trinajstić information content (AvgIpc) is 2.82. The summed E-state index contributed by atoms with van der Waals surface area (Å²) in [6, 6.07) is 8.57. The number of hydrogen-bond acceptors (Lipinski definition) is 4. The van der Waals surface area contributed by atoms with Crippen LogP contribution in [0.15, 0.2) is 30.3 Å². The number of aliphatic hydroxyl groups excluding tert-OH is 1. The Bertz CT molecular complexity index is 469. The van der Waals surface area contributed by atoms with Crippen molar-refractivity contribution in [3.8, 4) is 0 Å². The Morgan fingerprint density at radius 1 is 1.39 bits per heavy atom. The molecular weight excluding hydrogens is 252 g/mol. The molecule has 3 N–H and O–H groups in total. The van der Waals surface area contributed by atoms with Crippen molar-refractivity contribution < 1.29 is 13.5 Å². The van der Waals surface area contributed by atoms with Crippen molar-refractivity contribution in [1.82, 2.24) is 5.32 Å². The van der Waals surface area contributed by atoms with Crippen LogP contribution < -0.4 is 10.0 Å². The molecular formula is C12H18N2O3S. The van der Waals surface area contributed by atoms with Crippen LogP contribution in [-0.2, 0) is 10.0 Å². The lowest BCUT2D eigenvalue weighted by Crippen LogP contribution is -2.40. The first-order chi connectivity index (χ1) is 8.57. The predicted molar refractivity (Wildman–Crippen MR) is 70.9 cm³/mol. The van der Waals surface area contributed by atoms with Crippen LogP contribution in [0.5, 0.6) is 0 Å². The molecule has 0 radical (unpaired) electrons. The van der Waals surface area contributed by atoms with E-state index in [0.29, 0.717) is 5.69 Å². The third-order valence-corrected chi connectivity index (χ3v) is 4.33. The fourth-order valence-electron chi connectivity index (χ4n) is 2.11. The number of rotatable bonds is 5. The zero-order chi connectivity index (χ0) is 13.0. The van der Waals surface area contributed by atoms with Crippen LogP contribution in [0.3, 0.4) is 0 Å². The van der Waals surface area contributed by atoms with Crippen molar-refractivity contribution in [2.24, 2.45) is 0 Å². The topological polar surface area (TPSA) is 78.4 Å². The molecule has 2 rings (SSSR count). The lowest BCUT2D eigenvalue weighted by atomic mass is 10.1. The first-order valence-corrected chi connectivity index (χ1v) is 7.69. The van der Waals surface area contributed by atoms with Gasteiger partial charge in [-0.3, -0.25) is 4.72 Å². The van der Waals surface area contributed by atoms with Gasteiger partial charge in [0, 0.05) is 11.7 Å². The quantitative estimate of drug-likeness (QED) is 0.730. The molecule has 0 saturated carbocycles. The SMILES string of the molecule is O=S(=O)(C[C@@H](O)[C@@H]1CCCN1)Nc1ccccc1. The fourth-order valence-corrected chi connectivity index (χ4v) is 3.37. The van der Waals surface area contributed by atoms with E-state index in [1.807, 2.05) is 6.07 Å². The molecule has 0 bridgehead atoms. The first kappa shape index (κ1) is 13.3. The van der Waals surface area contributed by atoms with Gasteiger partial charge in [-0.2, -0.15) is 0 Å². The monoisotopic (exact) mass is 270 g/mol. The van der Waals surface area contributed by atoms with Gasteiger partial charge in [0.15, 0.2) is 0 Å². The molecule has 1 heterocycles. The molecule has 0 spiro atoms. The molecule has 1 aromatic rings. The van der Waals surface area contributed by atoms with Crippen LogP contribution >= 0.6 is 0 Å². The van der Waals surface area contributed by atoms with Gasteiger partial charge in [0.05, 0.1) is 11.9 Å². The maximum atomic E-state index is 11.9. The molecule has 1 aliphatic rings. The van der Waals surface area contributed by atoms with E-state index < -0.39 is 16.1 Å². The molecule has 0 unspecified atom stereocenters. The highest BCUT2D eigenvalue weighted by Crippen LogP contribution is 2.13. The Balaban J connectivity index is 1.94. The Morgan fingerprint density at radius 2 is 2.11 bits per heavy atom. The fraction of sp³-hybridized carbons (Fsp3) is 0.500. The Morgan fingerprint density at radius 3 is 2.72 bits per heavy atom. The molecule has 0 aliphatic carbocycles. The van der Waals surface area contributed by atoms with Gasteiger partial charge in [-0.25, -0.2) is 8.42 Å². The van der Waals surface area contributed by atoms with Gasteiger partial charge in [-0.15, -0.1) is 0 Å². The van der Waals surface area contributed by atoms with Gasteiger partial charge in [-0.05, 0) is 31.5 Å². The first-order valence-electron chi connectivity index (χ1n) is 6.04. The summed E-state index contributed by atoms with van der Waals surface area (Å²) in [4.78, 5) is 0. The Labute approximate surface area is 107 Å². The van der Waals surface area contributed by atoms with E-state index in [9.17, 15) is 13.5 Å². The zero-order valence-electron chi connectivity index (χ0n) is 10.0. The smallest absolute Gasteiger partial charge is 0.235 e. The van der Waals surface area contributed by atoms with Crippen molar-refractivity contribution in [3.05, 3.63) is 30.3 Å².